The van der Waals surface area contributed by atoms with E-state index in [1.165, 1.54) is 4.88 Å². The fourth-order valence-electron chi connectivity index (χ4n) is 2.75. The van der Waals surface area contributed by atoms with Crippen molar-refractivity contribution in [3.8, 4) is 0 Å². The van der Waals surface area contributed by atoms with E-state index in [4.69, 9.17) is 17.4 Å². The van der Waals surface area contributed by atoms with Gasteiger partial charge in [-0.05, 0) is 39.1 Å². The van der Waals surface area contributed by atoms with Crippen LogP contribution in [0.25, 0.3) is 0 Å². The number of likely N-dealkylation sites (N-methyl/N-ethyl adjacent to an activating group) is 1. The molecule has 1 heterocycles. The molecule has 1 atom stereocenters. The Morgan fingerprint density at radius 3 is 2.33 bits per heavy atom. The third-order valence-electron chi connectivity index (χ3n) is 4.00. The van der Waals surface area contributed by atoms with Gasteiger partial charge >= 0.3 is 0 Å². The Kier molecular flexibility index (Phi) is 6.08. The summed E-state index contributed by atoms with van der Waals surface area (Å²) in [5.74, 6) is 5.80. The first-order valence-corrected chi connectivity index (χ1v) is 7.57. The number of nitrogens with one attached hydrogen (secondary N) is 1. The van der Waals surface area contributed by atoms with Gasteiger partial charge in [0, 0.05) is 22.9 Å². The number of hydrogen-bond donors (Lipinski definition) is 2. The lowest BCUT2D eigenvalue weighted by molar-refractivity contribution is 0.0886. The molecular weight excluding hydrogens is 266 g/mol. The monoisotopic (exact) mass is 289 g/mol. The predicted molar refractivity (Wildman–Crippen MR) is 81.1 cm³/mol. The van der Waals surface area contributed by atoms with Crippen molar-refractivity contribution in [1.82, 2.24) is 10.3 Å². The maximum absolute atomic E-state index is 5.99. The number of thiophene rings is 1. The molecule has 1 rings (SSSR count). The molecule has 3 N–H and O–H groups in total. The summed E-state index contributed by atoms with van der Waals surface area (Å²) in [6, 6.07) is 4.25. The smallest absolute Gasteiger partial charge is 0.0931 e. The van der Waals surface area contributed by atoms with Gasteiger partial charge in [0.1, 0.15) is 0 Å². The van der Waals surface area contributed by atoms with Crippen LogP contribution < -0.4 is 11.3 Å². The highest BCUT2D eigenvalue weighted by Gasteiger charge is 2.37. The summed E-state index contributed by atoms with van der Waals surface area (Å²) in [5, 5.41) is 0. The standard InChI is InChI=1S/C13H24ClN3S/c1-5-13(6-2,17(3)4)11(16-15)9-10-7-8-12(14)18-10/h7-8,11,16H,5-6,9,15H2,1-4H3. The molecule has 0 radical (unpaired) electrons. The molecule has 0 aliphatic carbocycles. The second-order valence-corrected chi connectivity index (χ2v) is 6.63. The van der Waals surface area contributed by atoms with Gasteiger partial charge in [0.2, 0.25) is 0 Å². The van der Waals surface area contributed by atoms with Crippen molar-refractivity contribution in [2.75, 3.05) is 14.1 Å². The molecule has 0 bridgehead atoms. The first-order valence-electron chi connectivity index (χ1n) is 6.38. The topological polar surface area (TPSA) is 41.3 Å². The lowest BCUT2D eigenvalue weighted by Gasteiger charge is -2.44. The fraction of sp³-hybridized carbons (Fsp3) is 0.692. The largest absolute Gasteiger partial charge is 0.302 e. The molecule has 0 amide bonds. The van der Waals surface area contributed by atoms with Gasteiger partial charge in [-0.3, -0.25) is 11.3 Å². The Hall–Kier alpha value is -0.130. The second kappa shape index (κ2) is 6.87. The average molecular weight is 290 g/mol. The first kappa shape index (κ1) is 15.9. The van der Waals surface area contributed by atoms with E-state index < -0.39 is 0 Å². The van der Waals surface area contributed by atoms with Crippen LogP contribution in [0, 0.1) is 0 Å². The molecule has 0 spiro atoms. The molecule has 1 unspecified atom stereocenters. The second-order valence-electron chi connectivity index (χ2n) is 4.83. The molecule has 0 fully saturated rings. The van der Waals surface area contributed by atoms with Gasteiger partial charge < -0.3 is 4.90 Å². The number of rotatable bonds is 7. The summed E-state index contributed by atoms with van der Waals surface area (Å²) in [6.45, 7) is 4.44. The predicted octanol–water partition coefficient (Wildman–Crippen LogP) is 2.90. The summed E-state index contributed by atoms with van der Waals surface area (Å²) in [5.41, 5.74) is 3.08. The molecule has 1 aromatic heterocycles. The minimum atomic E-state index is 0.0746. The Morgan fingerprint density at radius 2 is 2.00 bits per heavy atom. The van der Waals surface area contributed by atoms with Crippen LogP contribution in [0.3, 0.4) is 0 Å². The Bertz CT molecular complexity index is 361. The summed E-state index contributed by atoms with van der Waals surface area (Å²) in [4.78, 5) is 3.56. The van der Waals surface area contributed by atoms with E-state index >= 15 is 0 Å². The number of nitrogens with zero attached hydrogens (tertiary/aromatic N) is 1. The number of halogens is 1. The molecule has 104 valence electrons. The van der Waals surface area contributed by atoms with Gasteiger partial charge in [-0.1, -0.05) is 25.4 Å². The molecule has 0 saturated carbocycles. The van der Waals surface area contributed by atoms with E-state index in [2.05, 4.69) is 44.3 Å². The number of nitrogens with two attached hydrogens (primary N) is 1. The van der Waals surface area contributed by atoms with Crippen molar-refractivity contribution in [2.24, 2.45) is 5.84 Å². The van der Waals surface area contributed by atoms with E-state index in [0.29, 0.717) is 0 Å². The van der Waals surface area contributed by atoms with Crippen molar-refractivity contribution in [3.63, 3.8) is 0 Å². The highest BCUT2D eigenvalue weighted by molar-refractivity contribution is 7.16. The molecule has 0 aliphatic rings. The SMILES string of the molecule is CCC(CC)(C(Cc1ccc(Cl)s1)NN)N(C)C. The maximum Gasteiger partial charge on any atom is 0.0931 e. The Labute approximate surface area is 119 Å². The minimum absolute atomic E-state index is 0.0746. The maximum atomic E-state index is 5.99. The van der Waals surface area contributed by atoms with Gasteiger partial charge in [0.15, 0.2) is 0 Å². The normalized spacial score (nSPS) is 14.2. The number of hydrogen-bond acceptors (Lipinski definition) is 4. The fourth-order valence-corrected chi connectivity index (χ4v) is 3.89. The molecule has 3 nitrogen and oxygen atoms in total. The van der Waals surface area contributed by atoms with Crippen molar-refractivity contribution >= 4 is 22.9 Å². The van der Waals surface area contributed by atoms with Crippen LogP contribution in [0.5, 0.6) is 0 Å². The van der Waals surface area contributed by atoms with Gasteiger partial charge in [-0.25, -0.2) is 0 Å². The lowest BCUT2D eigenvalue weighted by Crippen LogP contribution is -2.61. The number of hydrazine groups is 1. The molecule has 0 aromatic carbocycles. The highest BCUT2D eigenvalue weighted by Crippen LogP contribution is 2.30. The molecule has 1 aromatic rings. The third kappa shape index (κ3) is 3.25. The van der Waals surface area contributed by atoms with Crippen LogP contribution in [0.1, 0.15) is 31.6 Å². The van der Waals surface area contributed by atoms with Crippen LogP contribution in [0.2, 0.25) is 4.34 Å². The van der Waals surface area contributed by atoms with E-state index in [1.807, 2.05) is 6.07 Å². The van der Waals surface area contributed by atoms with Crippen LogP contribution in [0.15, 0.2) is 12.1 Å². The Balaban J connectivity index is 2.92. The molecule has 5 heteroatoms. The zero-order valence-corrected chi connectivity index (χ0v) is 13.2. The molecule has 18 heavy (non-hydrogen) atoms. The van der Waals surface area contributed by atoms with Crippen molar-refractivity contribution in [3.05, 3.63) is 21.3 Å². The van der Waals surface area contributed by atoms with Gasteiger partial charge in [-0.15, -0.1) is 11.3 Å². The average Bonchev–Trinajstić information content (AvgIpc) is 2.75. The van der Waals surface area contributed by atoms with Crippen molar-refractivity contribution < 1.29 is 0 Å². The quantitative estimate of drug-likeness (QED) is 0.599. The van der Waals surface area contributed by atoms with Crippen LogP contribution >= 0.6 is 22.9 Å². The summed E-state index contributed by atoms with van der Waals surface area (Å²) >= 11 is 7.62. The summed E-state index contributed by atoms with van der Waals surface area (Å²) < 4.78 is 0.837. The minimum Gasteiger partial charge on any atom is -0.302 e. The zero-order valence-electron chi connectivity index (χ0n) is 11.7. The van der Waals surface area contributed by atoms with E-state index in [-0.39, 0.29) is 11.6 Å². The molecular formula is C13H24ClN3S. The third-order valence-corrected chi connectivity index (χ3v) is 5.25. The van der Waals surface area contributed by atoms with Crippen molar-refractivity contribution in [1.29, 1.82) is 0 Å². The van der Waals surface area contributed by atoms with Gasteiger partial charge in [0.05, 0.1) is 4.34 Å². The van der Waals surface area contributed by atoms with Crippen LogP contribution in [-0.4, -0.2) is 30.6 Å². The van der Waals surface area contributed by atoms with Crippen LogP contribution in [-0.2, 0) is 6.42 Å². The van der Waals surface area contributed by atoms with Crippen molar-refractivity contribution in [2.45, 2.75) is 44.7 Å². The summed E-state index contributed by atoms with van der Waals surface area (Å²) in [6.07, 6.45) is 3.03. The molecule has 0 saturated heterocycles. The van der Waals surface area contributed by atoms with E-state index in [9.17, 15) is 0 Å². The summed E-state index contributed by atoms with van der Waals surface area (Å²) in [7, 11) is 4.25. The Morgan fingerprint density at radius 1 is 1.39 bits per heavy atom. The van der Waals surface area contributed by atoms with Crippen LogP contribution in [0.4, 0.5) is 0 Å². The molecule has 0 aliphatic heterocycles. The first-order chi connectivity index (χ1) is 8.50. The van der Waals surface area contributed by atoms with E-state index in [1.54, 1.807) is 11.3 Å². The van der Waals surface area contributed by atoms with Gasteiger partial charge in [0.25, 0.3) is 0 Å². The lowest BCUT2D eigenvalue weighted by atomic mass is 9.81. The zero-order chi connectivity index (χ0) is 13.8. The van der Waals surface area contributed by atoms with E-state index in [0.717, 1.165) is 23.6 Å². The highest BCUT2D eigenvalue weighted by atomic mass is 35.5. The van der Waals surface area contributed by atoms with Gasteiger partial charge in [-0.2, -0.15) is 0 Å².